The molecule has 3 fully saturated rings. The standard InChI is InChI=1S/C32H43N5O10S/c1-31(2,3)47-30(42)34-24-19-45-15-9-5-6-10-20-17-32(20,28(40)36-48(43,44)23-13-14-23)35-26(38)25-16-22(18-37(25)27(24)39)46-29(41)33-21-11-7-4-8-12-21/h4,6-8,10-12,20,22-25H,5,9,13-19H2,1-3H3,(H,33,41)(H,34,42)(H,35,38)(H,36,40)/b10-6-/t20-,22+,24-,25-,32+/m0/s1. The van der Waals surface area contributed by atoms with Gasteiger partial charge in [-0.3, -0.25) is 24.4 Å². The fourth-order valence-electron chi connectivity index (χ4n) is 5.75. The van der Waals surface area contributed by atoms with Crippen molar-refractivity contribution in [1.82, 2.24) is 20.3 Å². The van der Waals surface area contributed by atoms with Gasteiger partial charge in [0.15, 0.2) is 0 Å². The minimum Gasteiger partial charge on any atom is -0.444 e. The molecule has 5 rings (SSSR count). The third-order valence-corrected chi connectivity index (χ3v) is 10.2. The van der Waals surface area contributed by atoms with E-state index in [2.05, 4.69) is 20.7 Å². The normalized spacial score (nSPS) is 28.7. The van der Waals surface area contributed by atoms with Crippen molar-refractivity contribution in [2.45, 2.75) is 93.9 Å². The Morgan fingerprint density at radius 3 is 2.50 bits per heavy atom. The Hall–Kier alpha value is -4.18. The second-order valence-corrected chi connectivity index (χ2v) is 15.5. The number of rotatable bonds is 6. The summed E-state index contributed by atoms with van der Waals surface area (Å²) >= 11 is 0. The van der Waals surface area contributed by atoms with Crippen LogP contribution in [-0.2, 0) is 38.6 Å². The summed E-state index contributed by atoms with van der Waals surface area (Å²) < 4.78 is 44.2. The number of hydrogen-bond acceptors (Lipinski definition) is 10. The second kappa shape index (κ2) is 14.1. The maximum atomic E-state index is 14.1. The highest BCUT2D eigenvalue weighted by atomic mass is 32.2. The lowest BCUT2D eigenvalue weighted by Crippen LogP contribution is -2.59. The number of allylic oxidation sites excluding steroid dienone is 1. The van der Waals surface area contributed by atoms with Crippen LogP contribution in [0, 0.1) is 5.92 Å². The van der Waals surface area contributed by atoms with Crippen LogP contribution >= 0.6 is 0 Å². The molecule has 4 N–H and O–H groups in total. The van der Waals surface area contributed by atoms with Crippen LogP contribution in [-0.4, -0.2) is 97.6 Å². The van der Waals surface area contributed by atoms with Crippen molar-refractivity contribution in [1.29, 1.82) is 0 Å². The van der Waals surface area contributed by atoms with Gasteiger partial charge in [0.05, 0.1) is 18.4 Å². The highest BCUT2D eigenvalue weighted by Gasteiger charge is 2.62. The van der Waals surface area contributed by atoms with Gasteiger partial charge in [0.1, 0.15) is 29.3 Å². The smallest absolute Gasteiger partial charge is 0.411 e. The molecule has 2 heterocycles. The summed E-state index contributed by atoms with van der Waals surface area (Å²) in [7, 11) is -3.91. The number of anilines is 1. The van der Waals surface area contributed by atoms with E-state index >= 15 is 0 Å². The van der Waals surface area contributed by atoms with Crippen molar-refractivity contribution >= 4 is 45.6 Å². The van der Waals surface area contributed by atoms with Crippen LogP contribution in [0.1, 0.15) is 59.3 Å². The lowest BCUT2D eigenvalue weighted by Gasteiger charge is -2.30. The van der Waals surface area contributed by atoms with Crippen LogP contribution in [0.5, 0.6) is 0 Å². The number of carbonyl (C=O) groups is 5. The van der Waals surface area contributed by atoms with E-state index in [-0.39, 0.29) is 32.6 Å². The molecule has 0 unspecified atom stereocenters. The molecule has 1 saturated heterocycles. The van der Waals surface area contributed by atoms with Crippen LogP contribution in [0.25, 0.3) is 0 Å². The summed E-state index contributed by atoms with van der Waals surface area (Å²) in [4.78, 5) is 68.3. The second-order valence-electron chi connectivity index (χ2n) is 13.6. The molecule has 2 saturated carbocycles. The molecule has 2 aliphatic heterocycles. The van der Waals surface area contributed by atoms with Crippen LogP contribution in [0.15, 0.2) is 42.5 Å². The maximum absolute atomic E-state index is 14.1. The molecule has 48 heavy (non-hydrogen) atoms. The fourth-order valence-corrected chi connectivity index (χ4v) is 7.12. The van der Waals surface area contributed by atoms with Crippen LogP contribution in [0.2, 0.25) is 0 Å². The molecule has 0 spiro atoms. The Bertz CT molecular complexity index is 1540. The molecule has 0 radical (unpaired) electrons. The zero-order chi connectivity index (χ0) is 34.7. The molecule has 5 amide bonds. The minimum absolute atomic E-state index is 0.127. The topological polar surface area (TPSA) is 199 Å². The van der Waals surface area contributed by atoms with Gasteiger partial charge in [-0.05, 0) is 65.0 Å². The molecule has 4 aliphatic rings. The Labute approximate surface area is 279 Å². The first-order valence-corrected chi connectivity index (χ1v) is 17.7. The fraction of sp³-hybridized carbons (Fsp3) is 0.594. The largest absolute Gasteiger partial charge is 0.444 e. The van der Waals surface area contributed by atoms with E-state index in [1.165, 1.54) is 4.90 Å². The lowest BCUT2D eigenvalue weighted by molar-refractivity contribution is -0.142. The molecule has 5 atom stereocenters. The molecule has 16 heteroatoms. The van der Waals surface area contributed by atoms with Gasteiger partial charge in [0, 0.05) is 24.6 Å². The highest BCUT2D eigenvalue weighted by Crippen LogP contribution is 2.46. The van der Waals surface area contributed by atoms with E-state index < -0.39 is 80.4 Å². The highest BCUT2D eigenvalue weighted by molar-refractivity contribution is 7.91. The molecule has 1 aromatic rings. The van der Waals surface area contributed by atoms with E-state index in [4.69, 9.17) is 14.2 Å². The SMILES string of the molecule is CC(C)(C)OC(=O)N[C@H]1COCCC/C=C\[C@H]2C[C@@]2(C(=O)NS(=O)(=O)C2CC2)NC(=O)[C@@H]2C[C@@H](OC(=O)Nc3ccccc3)CN2C1=O. The average molecular weight is 690 g/mol. The zero-order valence-electron chi connectivity index (χ0n) is 27.2. The molecular weight excluding hydrogens is 646 g/mol. The van der Waals surface area contributed by atoms with Gasteiger partial charge < -0.3 is 29.7 Å². The van der Waals surface area contributed by atoms with Crippen molar-refractivity contribution in [3.8, 4) is 0 Å². The van der Waals surface area contributed by atoms with E-state index in [1.54, 1.807) is 57.2 Å². The Morgan fingerprint density at radius 1 is 1.08 bits per heavy atom. The summed E-state index contributed by atoms with van der Waals surface area (Å²) in [5, 5.41) is 7.25. The molecule has 262 valence electrons. The number of para-hydroxylation sites is 1. The molecule has 0 bridgehead atoms. The van der Waals surface area contributed by atoms with Gasteiger partial charge in [-0.15, -0.1) is 0 Å². The first-order valence-electron chi connectivity index (χ1n) is 16.1. The number of fused-ring (bicyclic) bond motifs is 2. The quantitative estimate of drug-likeness (QED) is 0.320. The summed E-state index contributed by atoms with van der Waals surface area (Å²) in [5.74, 6) is -2.76. The van der Waals surface area contributed by atoms with Crippen molar-refractivity contribution in [2.75, 3.05) is 25.1 Å². The summed E-state index contributed by atoms with van der Waals surface area (Å²) in [6.07, 6.45) is 3.03. The number of amides is 5. The van der Waals surface area contributed by atoms with Crippen LogP contribution < -0.4 is 20.7 Å². The zero-order valence-corrected chi connectivity index (χ0v) is 28.0. The Morgan fingerprint density at radius 2 is 1.81 bits per heavy atom. The number of benzene rings is 1. The van der Waals surface area contributed by atoms with E-state index in [9.17, 15) is 32.4 Å². The van der Waals surface area contributed by atoms with Gasteiger partial charge in [-0.1, -0.05) is 30.4 Å². The summed E-state index contributed by atoms with van der Waals surface area (Å²) in [6.45, 7) is 4.83. The van der Waals surface area contributed by atoms with E-state index in [1.807, 2.05) is 6.08 Å². The average Bonchev–Trinajstić information content (AvgIpc) is 3.92. The van der Waals surface area contributed by atoms with Crippen molar-refractivity contribution < 1.29 is 46.6 Å². The summed E-state index contributed by atoms with van der Waals surface area (Å²) in [5.41, 5.74) is -1.94. The minimum atomic E-state index is -3.91. The number of hydrogen-bond donors (Lipinski definition) is 4. The third-order valence-electron chi connectivity index (χ3n) is 8.41. The predicted molar refractivity (Wildman–Crippen MR) is 172 cm³/mol. The Balaban J connectivity index is 1.40. The predicted octanol–water partition coefficient (Wildman–Crippen LogP) is 1.95. The van der Waals surface area contributed by atoms with Gasteiger partial charge in [-0.2, -0.15) is 0 Å². The van der Waals surface area contributed by atoms with Crippen molar-refractivity contribution in [3.63, 3.8) is 0 Å². The van der Waals surface area contributed by atoms with Crippen molar-refractivity contribution in [3.05, 3.63) is 42.5 Å². The van der Waals surface area contributed by atoms with Gasteiger partial charge >= 0.3 is 12.2 Å². The maximum Gasteiger partial charge on any atom is 0.411 e. The number of sulfonamides is 1. The lowest BCUT2D eigenvalue weighted by atomic mass is 10.1. The molecular formula is C32H43N5O10S. The number of ether oxygens (including phenoxy) is 3. The molecule has 0 aromatic heterocycles. The first kappa shape index (κ1) is 35.1. The number of nitrogens with zero attached hydrogens (tertiary/aromatic N) is 1. The van der Waals surface area contributed by atoms with E-state index in [0.29, 0.717) is 31.4 Å². The number of carbonyl (C=O) groups excluding carboxylic acids is 5. The number of alkyl carbamates (subject to hydrolysis) is 1. The van der Waals surface area contributed by atoms with E-state index in [0.717, 1.165) is 0 Å². The molecule has 2 aliphatic carbocycles. The molecule has 15 nitrogen and oxygen atoms in total. The van der Waals surface area contributed by atoms with Crippen LogP contribution in [0.4, 0.5) is 15.3 Å². The molecule has 1 aromatic carbocycles. The third kappa shape index (κ3) is 8.83. The Kier molecular flexibility index (Phi) is 10.3. The monoisotopic (exact) mass is 689 g/mol. The van der Waals surface area contributed by atoms with Gasteiger partial charge in [0.2, 0.25) is 21.8 Å². The summed E-state index contributed by atoms with van der Waals surface area (Å²) in [6, 6.07) is 6.07. The van der Waals surface area contributed by atoms with Gasteiger partial charge in [-0.25, -0.2) is 18.0 Å². The first-order chi connectivity index (χ1) is 22.7. The van der Waals surface area contributed by atoms with Crippen LogP contribution in [0.3, 0.4) is 0 Å². The number of nitrogens with one attached hydrogen (secondary N) is 4. The van der Waals surface area contributed by atoms with Crippen molar-refractivity contribution in [2.24, 2.45) is 5.92 Å². The van der Waals surface area contributed by atoms with Gasteiger partial charge in [0.25, 0.3) is 5.91 Å².